The van der Waals surface area contributed by atoms with Crippen molar-refractivity contribution >= 4 is 29.2 Å². The molecule has 1 saturated heterocycles. The third-order valence-electron chi connectivity index (χ3n) is 5.87. The van der Waals surface area contributed by atoms with E-state index in [1.807, 2.05) is 4.90 Å². The summed E-state index contributed by atoms with van der Waals surface area (Å²) in [7, 11) is 0. The highest BCUT2D eigenvalue weighted by molar-refractivity contribution is 6.31. The number of fused-ring (bicyclic) bond motifs is 3. The highest BCUT2D eigenvalue weighted by Gasteiger charge is 2.51. The van der Waals surface area contributed by atoms with Crippen LogP contribution in [0.2, 0.25) is 5.02 Å². The average molecular weight is 377 g/mol. The van der Waals surface area contributed by atoms with E-state index in [0.717, 1.165) is 25.8 Å². The molecule has 1 amide bonds. The second-order valence-corrected chi connectivity index (χ2v) is 9.61. The molecule has 1 aromatic carbocycles. The van der Waals surface area contributed by atoms with Crippen molar-refractivity contribution in [1.82, 2.24) is 4.90 Å². The quantitative estimate of drug-likeness (QED) is 0.585. The predicted octanol–water partition coefficient (Wildman–Crippen LogP) is 3.49. The van der Waals surface area contributed by atoms with Gasteiger partial charge in [0.2, 0.25) is 5.91 Å². The molecule has 3 aliphatic rings. The van der Waals surface area contributed by atoms with Crippen molar-refractivity contribution in [2.45, 2.75) is 46.1 Å². The molecule has 26 heavy (non-hydrogen) atoms. The minimum Gasteiger partial charge on any atom is -0.423 e. The lowest BCUT2D eigenvalue weighted by Crippen LogP contribution is -2.46. The summed E-state index contributed by atoms with van der Waals surface area (Å²) in [5, 5.41) is 0.561. The standard InChI is InChI=1S/C20H25ClN2O3/c1-19(2)7-14-8-20(3,11-19)12-23(14)17(24)9-22-10-18(25)26-16-5-4-13(21)6-15(16)22/h4-6,14H,7-12H2,1-3H3. The van der Waals surface area contributed by atoms with Gasteiger partial charge in [0.05, 0.1) is 12.2 Å². The number of nitrogens with zero attached hydrogens (tertiary/aromatic N) is 2. The van der Waals surface area contributed by atoms with E-state index in [1.165, 1.54) is 0 Å². The van der Waals surface area contributed by atoms with Crippen LogP contribution in [-0.2, 0) is 9.59 Å². The van der Waals surface area contributed by atoms with Crippen LogP contribution in [0.5, 0.6) is 5.75 Å². The molecule has 0 aromatic heterocycles. The number of carbonyl (C=O) groups is 2. The molecule has 140 valence electrons. The Labute approximate surface area is 159 Å². The first kappa shape index (κ1) is 17.7. The molecule has 2 unspecified atom stereocenters. The Balaban J connectivity index is 1.54. The minimum absolute atomic E-state index is 0.0698. The van der Waals surface area contributed by atoms with Gasteiger partial charge in [0.1, 0.15) is 6.54 Å². The molecule has 2 aliphatic heterocycles. The van der Waals surface area contributed by atoms with Gasteiger partial charge in [0.15, 0.2) is 5.75 Å². The molecular formula is C20H25ClN2O3. The third kappa shape index (κ3) is 3.18. The van der Waals surface area contributed by atoms with E-state index in [-0.39, 0.29) is 35.8 Å². The number of benzene rings is 1. The summed E-state index contributed by atoms with van der Waals surface area (Å²) >= 11 is 6.10. The summed E-state index contributed by atoms with van der Waals surface area (Å²) < 4.78 is 5.27. The molecule has 0 N–H and O–H groups in total. The van der Waals surface area contributed by atoms with E-state index in [9.17, 15) is 9.59 Å². The molecule has 1 aliphatic carbocycles. The SMILES string of the molecule is CC1(C)CC2CC(C)(CN2C(=O)CN2CC(=O)Oc3ccc(Cl)cc32)C1. The van der Waals surface area contributed by atoms with Crippen molar-refractivity contribution in [3.05, 3.63) is 23.2 Å². The topological polar surface area (TPSA) is 49.9 Å². The fourth-order valence-corrected chi connectivity index (χ4v) is 5.53. The van der Waals surface area contributed by atoms with Gasteiger partial charge in [-0.25, -0.2) is 4.79 Å². The summed E-state index contributed by atoms with van der Waals surface area (Å²) in [4.78, 5) is 28.9. The maximum absolute atomic E-state index is 13.1. The maximum atomic E-state index is 13.1. The largest absolute Gasteiger partial charge is 0.423 e. The van der Waals surface area contributed by atoms with Crippen LogP contribution in [0.15, 0.2) is 18.2 Å². The number of carbonyl (C=O) groups excluding carboxylic acids is 2. The van der Waals surface area contributed by atoms with Crippen LogP contribution in [0.3, 0.4) is 0 Å². The van der Waals surface area contributed by atoms with E-state index in [0.29, 0.717) is 22.5 Å². The lowest BCUT2D eigenvalue weighted by Gasteiger charge is -2.39. The molecule has 2 heterocycles. The van der Waals surface area contributed by atoms with Gasteiger partial charge in [-0.1, -0.05) is 32.4 Å². The van der Waals surface area contributed by atoms with Gasteiger partial charge >= 0.3 is 5.97 Å². The number of esters is 1. The van der Waals surface area contributed by atoms with Crippen LogP contribution in [0.1, 0.15) is 40.0 Å². The molecule has 1 aromatic rings. The highest BCUT2D eigenvalue weighted by Crippen LogP contribution is 2.52. The monoisotopic (exact) mass is 376 g/mol. The van der Waals surface area contributed by atoms with Crippen LogP contribution in [0.4, 0.5) is 5.69 Å². The molecule has 6 heteroatoms. The van der Waals surface area contributed by atoms with Crippen LogP contribution in [0.25, 0.3) is 0 Å². The Morgan fingerprint density at radius 3 is 2.85 bits per heavy atom. The summed E-state index contributed by atoms with van der Waals surface area (Å²) in [6.07, 6.45) is 3.26. The van der Waals surface area contributed by atoms with E-state index in [2.05, 4.69) is 20.8 Å². The average Bonchev–Trinajstić information content (AvgIpc) is 2.77. The fourth-order valence-electron chi connectivity index (χ4n) is 5.37. The lowest BCUT2D eigenvalue weighted by molar-refractivity contribution is -0.133. The predicted molar refractivity (Wildman–Crippen MR) is 101 cm³/mol. The zero-order valence-corrected chi connectivity index (χ0v) is 16.3. The number of hydrogen-bond donors (Lipinski definition) is 0. The first-order valence-electron chi connectivity index (χ1n) is 9.19. The van der Waals surface area contributed by atoms with Gasteiger partial charge in [0, 0.05) is 17.6 Å². The number of ether oxygens (including phenoxy) is 1. The summed E-state index contributed by atoms with van der Waals surface area (Å²) in [6, 6.07) is 5.42. The second kappa shape index (κ2) is 5.88. The molecule has 2 atom stereocenters. The van der Waals surface area contributed by atoms with Gasteiger partial charge in [0.25, 0.3) is 0 Å². The van der Waals surface area contributed by atoms with E-state index >= 15 is 0 Å². The van der Waals surface area contributed by atoms with Gasteiger partial charge in [-0.2, -0.15) is 0 Å². The zero-order valence-electron chi connectivity index (χ0n) is 15.5. The lowest BCUT2D eigenvalue weighted by atomic mass is 9.65. The number of halogens is 1. The van der Waals surface area contributed by atoms with Crippen molar-refractivity contribution in [3.8, 4) is 5.75 Å². The number of rotatable bonds is 2. The maximum Gasteiger partial charge on any atom is 0.331 e. The Kier molecular flexibility index (Phi) is 3.99. The molecule has 2 bridgehead atoms. The van der Waals surface area contributed by atoms with Crippen LogP contribution < -0.4 is 9.64 Å². The van der Waals surface area contributed by atoms with Crippen molar-refractivity contribution in [1.29, 1.82) is 0 Å². The molecule has 2 fully saturated rings. The van der Waals surface area contributed by atoms with Crippen LogP contribution in [-0.4, -0.2) is 42.5 Å². The second-order valence-electron chi connectivity index (χ2n) is 9.18. The number of amides is 1. The minimum atomic E-state index is -0.346. The Bertz CT molecular complexity index is 778. The van der Waals surface area contributed by atoms with Gasteiger partial charge < -0.3 is 14.5 Å². The zero-order chi connectivity index (χ0) is 18.7. The van der Waals surface area contributed by atoms with Crippen molar-refractivity contribution < 1.29 is 14.3 Å². The van der Waals surface area contributed by atoms with Crippen molar-refractivity contribution in [2.24, 2.45) is 10.8 Å². The van der Waals surface area contributed by atoms with Crippen molar-refractivity contribution in [2.75, 3.05) is 24.5 Å². The third-order valence-corrected chi connectivity index (χ3v) is 6.10. The molecule has 5 nitrogen and oxygen atoms in total. The smallest absolute Gasteiger partial charge is 0.331 e. The van der Waals surface area contributed by atoms with Gasteiger partial charge in [-0.05, 0) is 48.3 Å². The normalized spacial score (nSPS) is 29.4. The molecule has 4 rings (SSSR count). The summed E-state index contributed by atoms with van der Waals surface area (Å²) in [5.41, 5.74) is 1.17. The highest BCUT2D eigenvalue weighted by atomic mass is 35.5. The fraction of sp³-hybridized carbons (Fsp3) is 0.600. The Morgan fingerprint density at radius 1 is 1.31 bits per heavy atom. The Morgan fingerprint density at radius 2 is 2.08 bits per heavy atom. The van der Waals surface area contributed by atoms with Crippen LogP contribution in [0, 0.1) is 10.8 Å². The van der Waals surface area contributed by atoms with E-state index in [1.54, 1.807) is 23.1 Å². The first-order chi connectivity index (χ1) is 12.1. The van der Waals surface area contributed by atoms with Gasteiger partial charge in [-0.3, -0.25) is 4.79 Å². The molecule has 0 radical (unpaired) electrons. The number of anilines is 1. The summed E-state index contributed by atoms with van der Waals surface area (Å²) in [6.45, 7) is 7.94. The summed E-state index contributed by atoms with van der Waals surface area (Å²) in [5.74, 6) is 0.199. The van der Waals surface area contributed by atoms with Crippen molar-refractivity contribution in [3.63, 3.8) is 0 Å². The Hall–Kier alpha value is -1.75. The molecular weight excluding hydrogens is 352 g/mol. The number of likely N-dealkylation sites (tertiary alicyclic amines) is 1. The van der Waals surface area contributed by atoms with Gasteiger partial charge in [-0.15, -0.1) is 0 Å². The van der Waals surface area contributed by atoms with Crippen LogP contribution >= 0.6 is 11.6 Å². The van der Waals surface area contributed by atoms with E-state index in [4.69, 9.17) is 16.3 Å². The molecule has 1 saturated carbocycles. The molecule has 0 spiro atoms. The number of hydrogen-bond acceptors (Lipinski definition) is 4. The van der Waals surface area contributed by atoms with E-state index < -0.39 is 0 Å². The first-order valence-corrected chi connectivity index (χ1v) is 9.57.